The lowest BCUT2D eigenvalue weighted by Crippen LogP contribution is -2.14. The average Bonchev–Trinajstić information content (AvgIpc) is 1.83. The summed E-state index contributed by atoms with van der Waals surface area (Å²) in [6.45, 7) is 1.92. The molecule has 3 nitrogen and oxygen atoms in total. The Labute approximate surface area is 48.9 Å². The highest BCUT2D eigenvalue weighted by Crippen LogP contribution is 1.86. The van der Waals surface area contributed by atoms with E-state index in [1.165, 1.54) is 0 Å². The fourth-order valence-electron chi connectivity index (χ4n) is 0.302. The third-order valence-electron chi connectivity index (χ3n) is 0.657. The molecule has 0 aromatic carbocycles. The number of aliphatic hydroxyl groups is 1. The van der Waals surface area contributed by atoms with E-state index in [4.69, 9.17) is 5.11 Å². The summed E-state index contributed by atoms with van der Waals surface area (Å²) in [6.07, 6.45) is -0.423. The molecule has 0 spiro atoms. The minimum absolute atomic E-state index is 0.431. The summed E-state index contributed by atoms with van der Waals surface area (Å²) in [6, 6.07) is 0. The molecule has 0 aliphatic rings. The van der Waals surface area contributed by atoms with Crippen molar-refractivity contribution in [2.45, 2.75) is 19.6 Å². The number of hydrogen-bond donors (Lipinski definition) is 1. The highest BCUT2D eigenvalue weighted by Gasteiger charge is 1.99. The van der Waals surface area contributed by atoms with Gasteiger partial charge in [0.05, 0.1) is 6.61 Å². The van der Waals surface area contributed by atoms with Crippen molar-refractivity contribution >= 4 is 0 Å². The molecule has 0 heterocycles. The molecule has 1 radical (unpaired) electrons. The zero-order chi connectivity index (χ0) is 6.41. The van der Waals surface area contributed by atoms with Crippen LogP contribution >= 0.6 is 0 Å². The molecule has 0 rings (SSSR count). The van der Waals surface area contributed by atoms with Gasteiger partial charge < -0.3 is 9.84 Å². The number of rotatable bonds is 4. The molecule has 0 amide bonds. The van der Waals surface area contributed by atoms with Crippen LogP contribution < -0.4 is 0 Å². The van der Waals surface area contributed by atoms with Gasteiger partial charge in [-0.25, -0.2) is 0 Å². The van der Waals surface area contributed by atoms with E-state index in [-0.39, 0.29) is 0 Å². The average molecular weight is 119 g/mol. The van der Waals surface area contributed by atoms with Crippen LogP contribution in [0.3, 0.4) is 0 Å². The Morgan fingerprint density at radius 2 is 2.38 bits per heavy atom. The molecule has 1 unspecified atom stereocenters. The van der Waals surface area contributed by atoms with Crippen molar-refractivity contribution in [3.8, 4) is 0 Å². The van der Waals surface area contributed by atoms with Crippen molar-refractivity contribution in [1.29, 1.82) is 0 Å². The van der Waals surface area contributed by atoms with Gasteiger partial charge >= 0.3 is 0 Å². The number of aliphatic hydroxyl groups excluding tert-OH is 1. The maximum absolute atomic E-state index is 10.2. The van der Waals surface area contributed by atoms with Gasteiger partial charge in [0.25, 0.3) is 0 Å². The van der Waals surface area contributed by atoms with Gasteiger partial charge in [0.2, 0.25) is 6.29 Å². The minimum atomic E-state index is -1.24. The van der Waals surface area contributed by atoms with E-state index < -0.39 is 12.9 Å². The summed E-state index contributed by atoms with van der Waals surface area (Å²) in [5, 5.41) is 18.3. The Morgan fingerprint density at radius 3 is 2.75 bits per heavy atom. The van der Waals surface area contributed by atoms with Crippen molar-refractivity contribution < 1.29 is 14.9 Å². The van der Waals surface area contributed by atoms with Crippen molar-refractivity contribution in [3.63, 3.8) is 0 Å². The van der Waals surface area contributed by atoms with Crippen LogP contribution in [0.2, 0.25) is 0 Å². The lowest BCUT2D eigenvalue weighted by Gasteiger charge is -2.03. The Kier molecular flexibility index (Phi) is 4.95. The van der Waals surface area contributed by atoms with Gasteiger partial charge in [0.15, 0.2) is 0 Å². The van der Waals surface area contributed by atoms with Gasteiger partial charge in [-0.15, -0.1) is 0 Å². The third kappa shape index (κ3) is 4.05. The topological polar surface area (TPSA) is 49.4 Å². The number of ether oxygens (including phenoxy) is 1. The summed E-state index contributed by atoms with van der Waals surface area (Å²) in [4.78, 5) is 0. The lowest BCUT2D eigenvalue weighted by molar-refractivity contribution is -0.161. The fraction of sp³-hybridized carbons (Fsp3) is 1.00. The third-order valence-corrected chi connectivity index (χ3v) is 0.657. The summed E-state index contributed by atoms with van der Waals surface area (Å²) in [7, 11) is 0. The molecule has 3 heteroatoms. The largest absolute Gasteiger partial charge is 0.391 e. The zero-order valence-corrected chi connectivity index (χ0v) is 4.96. The van der Waals surface area contributed by atoms with Crippen molar-refractivity contribution in [1.82, 2.24) is 0 Å². The standard InChI is InChI=1S/C5H11O3/c1-2-3-8-5(7)4-6/h5-6H,2-4H2,1H3. The maximum atomic E-state index is 10.2. The van der Waals surface area contributed by atoms with Gasteiger partial charge in [-0.2, -0.15) is 5.11 Å². The SMILES string of the molecule is CCCOC([O])CO. The predicted molar refractivity (Wildman–Crippen MR) is 27.8 cm³/mol. The molecule has 8 heavy (non-hydrogen) atoms. The molecule has 0 aliphatic heterocycles. The Bertz CT molecular complexity index is 46.9. The number of hydrogen-bond acceptors (Lipinski definition) is 2. The van der Waals surface area contributed by atoms with Crippen molar-refractivity contribution in [2.24, 2.45) is 0 Å². The first-order chi connectivity index (χ1) is 3.81. The highest BCUT2D eigenvalue weighted by atomic mass is 16.6. The van der Waals surface area contributed by atoms with Gasteiger partial charge in [0.1, 0.15) is 0 Å². The smallest absolute Gasteiger partial charge is 0.214 e. The summed E-state index contributed by atoms with van der Waals surface area (Å²) in [5.41, 5.74) is 0. The molecule has 0 aromatic heterocycles. The van der Waals surface area contributed by atoms with Gasteiger partial charge in [0, 0.05) is 6.61 Å². The van der Waals surface area contributed by atoms with Crippen LogP contribution in [0.5, 0.6) is 0 Å². The van der Waals surface area contributed by atoms with E-state index >= 15 is 0 Å². The first-order valence-corrected chi connectivity index (χ1v) is 2.69. The molecule has 0 aromatic rings. The molecule has 0 fully saturated rings. The molecule has 0 saturated heterocycles. The normalized spacial score (nSPS) is 13.9. The fourth-order valence-corrected chi connectivity index (χ4v) is 0.302. The van der Waals surface area contributed by atoms with E-state index in [9.17, 15) is 5.11 Å². The Balaban J connectivity index is 2.86. The molecule has 0 saturated carbocycles. The van der Waals surface area contributed by atoms with E-state index in [1.807, 2.05) is 6.92 Å². The second kappa shape index (κ2) is 5.03. The predicted octanol–water partition coefficient (Wildman–Crippen LogP) is 0.162. The maximum Gasteiger partial charge on any atom is 0.214 e. The van der Waals surface area contributed by atoms with Crippen LogP contribution in [0.1, 0.15) is 13.3 Å². The summed E-state index contributed by atoms with van der Waals surface area (Å²) >= 11 is 0. The Hall–Kier alpha value is -0.120. The molecular weight excluding hydrogens is 108 g/mol. The summed E-state index contributed by atoms with van der Waals surface area (Å²) in [5.74, 6) is 0. The first kappa shape index (κ1) is 7.88. The minimum Gasteiger partial charge on any atom is -0.391 e. The van der Waals surface area contributed by atoms with E-state index in [2.05, 4.69) is 4.74 Å². The van der Waals surface area contributed by atoms with Crippen LogP contribution in [0.25, 0.3) is 0 Å². The molecule has 1 N–H and O–H groups in total. The van der Waals surface area contributed by atoms with Crippen LogP contribution in [-0.4, -0.2) is 24.6 Å². The Morgan fingerprint density at radius 1 is 1.75 bits per heavy atom. The van der Waals surface area contributed by atoms with Crippen LogP contribution in [0.4, 0.5) is 0 Å². The molecule has 0 aliphatic carbocycles. The van der Waals surface area contributed by atoms with Gasteiger partial charge in [-0.1, -0.05) is 6.92 Å². The second-order valence-electron chi connectivity index (χ2n) is 1.48. The van der Waals surface area contributed by atoms with Crippen molar-refractivity contribution in [2.75, 3.05) is 13.2 Å². The molecular formula is C5H11O3. The van der Waals surface area contributed by atoms with Crippen LogP contribution in [0.15, 0.2) is 0 Å². The van der Waals surface area contributed by atoms with Crippen LogP contribution in [-0.2, 0) is 9.84 Å². The molecule has 1 atom stereocenters. The van der Waals surface area contributed by atoms with Gasteiger partial charge in [-0.05, 0) is 6.42 Å². The second-order valence-corrected chi connectivity index (χ2v) is 1.48. The quantitative estimate of drug-likeness (QED) is 0.536. The zero-order valence-electron chi connectivity index (χ0n) is 4.96. The van der Waals surface area contributed by atoms with E-state index in [0.29, 0.717) is 6.61 Å². The highest BCUT2D eigenvalue weighted by molar-refractivity contribution is 4.32. The summed E-state index contributed by atoms with van der Waals surface area (Å²) < 4.78 is 4.53. The van der Waals surface area contributed by atoms with Crippen molar-refractivity contribution in [3.05, 3.63) is 0 Å². The van der Waals surface area contributed by atoms with Gasteiger partial charge in [-0.3, -0.25) is 0 Å². The van der Waals surface area contributed by atoms with E-state index in [1.54, 1.807) is 0 Å². The first-order valence-electron chi connectivity index (χ1n) is 2.69. The monoisotopic (exact) mass is 119 g/mol. The van der Waals surface area contributed by atoms with E-state index in [0.717, 1.165) is 6.42 Å². The molecule has 0 bridgehead atoms. The lowest BCUT2D eigenvalue weighted by atomic mass is 10.5. The van der Waals surface area contributed by atoms with Crippen LogP contribution in [0, 0.1) is 0 Å². The molecule has 49 valence electrons.